The van der Waals surface area contributed by atoms with Gasteiger partial charge in [-0.05, 0) is 31.0 Å². The predicted octanol–water partition coefficient (Wildman–Crippen LogP) is 2.02. The van der Waals surface area contributed by atoms with Gasteiger partial charge in [0.2, 0.25) is 0 Å². The smallest absolute Gasteiger partial charge is 0.252 e. The number of carbonyl (C=O) groups is 1. The molecule has 1 aliphatic carbocycles. The van der Waals surface area contributed by atoms with Crippen molar-refractivity contribution in [3.8, 4) is 5.75 Å². The molecule has 3 N–H and O–H groups in total. The van der Waals surface area contributed by atoms with Crippen molar-refractivity contribution in [2.75, 3.05) is 7.11 Å². The largest absolute Gasteiger partial charge is 0.497 e. The van der Waals surface area contributed by atoms with Crippen molar-refractivity contribution in [3.63, 3.8) is 0 Å². The fraction of sp³-hybridized carbons (Fsp3) is 0.429. The average Bonchev–Trinajstić information content (AvgIpc) is 2.88. The zero-order chi connectivity index (χ0) is 13.9. The minimum absolute atomic E-state index is 0.159. The summed E-state index contributed by atoms with van der Waals surface area (Å²) in [4.78, 5) is 12.7. The molecule has 0 bridgehead atoms. The normalized spacial score (nSPS) is 16.9. The van der Waals surface area contributed by atoms with E-state index in [1.165, 1.54) is 0 Å². The summed E-state index contributed by atoms with van der Waals surface area (Å²) >= 11 is 5.12. The molecule has 0 saturated heterocycles. The van der Waals surface area contributed by atoms with Crippen LogP contribution in [0.4, 0.5) is 0 Å². The molecule has 0 spiro atoms. The van der Waals surface area contributed by atoms with Gasteiger partial charge < -0.3 is 15.8 Å². The second-order valence-corrected chi connectivity index (χ2v) is 5.28. The van der Waals surface area contributed by atoms with Crippen LogP contribution in [-0.2, 0) is 0 Å². The maximum absolute atomic E-state index is 12.3. The Bertz CT molecular complexity index is 496. The Morgan fingerprint density at radius 2 is 2.11 bits per heavy atom. The Labute approximate surface area is 118 Å². The fourth-order valence-electron chi connectivity index (χ4n) is 2.47. The Morgan fingerprint density at radius 1 is 1.42 bits per heavy atom. The molecular formula is C14H18N2O2S. The first kappa shape index (κ1) is 13.8. The number of ether oxygens (including phenoxy) is 1. The summed E-state index contributed by atoms with van der Waals surface area (Å²) < 4.78 is 5.12. The number of rotatable bonds is 4. The summed E-state index contributed by atoms with van der Waals surface area (Å²) in [5, 5.41) is 3.00. The van der Waals surface area contributed by atoms with E-state index in [9.17, 15) is 4.79 Å². The summed E-state index contributed by atoms with van der Waals surface area (Å²) in [5.74, 6) is 0.497. The summed E-state index contributed by atoms with van der Waals surface area (Å²) in [7, 11) is 1.57. The van der Waals surface area contributed by atoms with Crippen molar-refractivity contribution in [2.24, 2.45) is 5.73 Å². The van der Waals surface area contributed by atoms with Gasteiger partial charge in [-0.2, -0.15) is 0 Å². The molecule has 1 aliphatic rings. The van der Waals surface area contributed by atoms with Gasteiger partial charge in [0.15, 0.2) is 0 Å². The van der Waals surface area contributed by atoms with Crippen LogP contribution in [0.2, 0.25) is 0 Å². The highest BCUT2D eigenvalue weighted by Gasteiger charge is 2.38. The van der Waals surface area contributed by atoms with Crippen LogP contribution in [0, 0.1) is 0 Å². The topological polar surface area (TPSA) is 64.3 Å². The molecule has 0 heterocycles. The van der Waals surface area contributed by atoms with Crippen molar-refractivity contribution in [3.05, 3.63) is 29.8 Å². The summed E-state index contributed by atoms with van der Waals surface area (Å²) in [6.07, 6.45) is 3.71. The van der Waals surface area contributed by atoms with E-state index >= 15 is 0 Å². The SMILES string of the molecule is COc1cccc(C(=O)NC2(C(N)=S)CCCC2)c1. The first-order valence-corrected chi connectivity index (χ1v) is 6.75. The number of hydrogen-bond acceptors (Lipinski definition) is 3. The molecule has 1 saturated carbocycles. The number of hydrogen-bond donors (Lipinski definition) is 2. The fourth-order valence-corrected chi connectivity index (χ4v) is 2.72. The minimum Gasteiger partial charge on any atom is -0.497 e. The second-order valence-electron chi connectivity index (χ2n) is 4.84. The van der Waals surface area contributed by atoms with Gasteiger partial charge >= 0.3 is 0 Å². The van der Waals surface area contributed by atoms with Crippen LogP contribution in [-0.4, -0.2) is 23.5 Å². The number of benzene rings is 1. The lowest BCUT2D eigenvalue weighted by Crippen LogP contribution is -2.54. The van der Waals surface area contributed by atoms with Crippen LogP contribution < -0.4 is 15.8 Å². The Kier molecular flexibility index (Phi) is 4.04. The van der Waals surface area contributed by atoms with Gasteiger partial charge in [-0.1, -0.05) is 31.1 Å². The number of nitrogens with one attached hydrogen (secondary N) is 1. The van der Waals surface area contributed by atoms with Crippen LogP contribution in [0.5, 0.6) is 5.75 Å². The zero-order valence-electron chi connectivity index (χ0n) is 10.9. The predicted molar refractivity (Wildman–Crippen MR) is 78.4 cm³/mol. The van der Waals surface area contributed by atoms with E-state index in [1.54, 1.807) is 31.4 Å². The van der Waals surface area contributed by atoms with Gasteiger partial charge in [0.1, 0.15) is 5.75 Å². The third kappa shape index (κ3) is 2.87. The van der Waals surface area contributed by atoms with Gasteiger partial charge in [0.25, 0.3) is 5.91 Å². The van der Waals surface area contributed by atoms with E-state index in [-0.39, 0.29) is 5.91 Å². The zero-order valence-corrected chi connectivity index (χ0v) is 11.8. The van der Waals surface area contributed by atoms with E-state index in [0.717, 1.165) is 25.7 Å². The molecule has 19 heavy (non-hydrogen) atoms. The molecule has 102 valence electrons. The summed E-state index contributed by atoms with van der Waals surface area (Å²) in [6, 6.07) is 7.04. The summed E-state index contributed by atoms with van der Waals surface area (Å²) in [6.45, 7) is 0. The number of thiocarbonyl (C=S) groups is 1. The number of methoxy groups -OCH3 is 1. The molecule has 1 fully saturated rings. The van der Waals surface area contributed by atoms with E-state index in [2.05, 4.69) is 5.32 Å². The van der Waals surface area contributed by atoms with Gasteiger partial charge in [0.05, 0.1) is 17.6 Å². The second kappa shape index (κ2) is 5.57. The van der Waals surface area contributed by atoms with E-state index in [1.807, 2.05) is 0 Å². The summed E-state index contributed by atoms with van der Waals surface area (Å²) in [5.41, 5.74) is 5.85. The highest BCUT2D eigenvalue weighted by Crippen LogP contribution is 2.30. The van der Waals surface area contributed by atoms with Crippen LogP contribution in [0.25, 0.3) is 0 Å². The maximum Gasteiger partial charge on any atom is 0.252 e. The molecule has 5 heteroatoms. The molecule has 0 aliphatic heterocycles. The lowest BCUT2D eigenvalue weighted by molar-refractivity contribution is 0.0924. The van der Waals surface area contributed by atoms with Gasteiger partial charge in [0, 0.05) is 5.56 Å². The standard InChI is InChI=1S/C14H18N2O2S/c1-18-11-6-4-5-10(9-11)12(17)16-14(13(15)19)7-2-3-8-14/h4-6,9H,2-3,7-8H2,1H3,(H2,15,19)(H,16,17). The molecule has 0 unspecified atom stereocenters. The maximum atomic E-state index is 12.3. The lowest BCUT2D eigenvalue weighted by Gasteiger charge is -2.29. The highest BCUT2D eigenvalue weighted by molar-refractivity contribution is 7.80. The third-order valence-corrected chi connectivity index (χ3v) is 4.00. The van der Waals surface area contributed by atoms with Crippen molar-refractivity contribution in [1.29, 1.82) is 0 Å². The minimum atomic E-state index is -0.518. The van der Waals surface area contributed by atoms with Crippen LogP contribution in [0.3, 0.4) is 0 Å². The monoisotopic (exact) mass is 278 g/mol. The molecule has 1 aromatic carbocycles. The lowest BCUT2D eigenvalue weighted by atomic mass is 9.97. The molecule has 1 aromatic rings. The quantitative estimate of drug-likeness (QED) is 0.827. The molecule has 0 radical (unpaired) electrons. The van der Waals surface area contributed by atoms with Crippen LogP contribution >= 0.6 is 12.2 Å². The Hall–Kier alpha value is -1.62. The van der Waals surface area contributed by atoms with Crippen molar-refractivity contribution in [1.82, 2.24) is 5.32 Å². The van der Waals surface area contributed by atoms with Crippen molar-refractivity contribution >= 4 is 23.1 Å². The molecule has 1 amide bonds. The van der Waals surface area contributed by atoms with Crippen LogP contribution in [0.1, 0.15) is 36.0 Å². The first-order chi connectivity index (χ1) is 9.07. The van der Waals surface area contributed by atoms with Crippen LogP contribution in [0.15, 0.2) is 24.3 Å². The molecule has 0 aromatic heterocycles. The van der Waals surface area contributed by atoms with E-state index < -0.39 is 5.54 Å². The van der Waals surface area contributed by atoms with E-state index in [4.69, 9.17) is 22.7 Å². The van der Waals surface area contributed by atoms with Gasteiger partial charge in [-0.25, -0.2) is 0 Å². The van der Waals surface area contributed by atoms with Gasteiger partial charge in [-0.15, -0.1) is 0 Å². The number of amides is 1. The molecule has 2 rings (SSSR count). The van der Waals surface area contributed by atoms with Gasteiger partial charge in [-0.3, -0.25) is 4.79 Å². The first-order valence-electron chi connectivity index (χ1n) is 6.34. The Morgan fingerprint density at radius 3 is 2.68 bits per heavy atom. The van der Waals surface area contributed by atoms with E-state index in [0.29, 0.717) is 16.3 Å². The molecule has 0 atom stereocenters. The molecule has 4 nitrogen and oxygen atoms in total. The molecular weight excluding hydrogens is 260 g/mol. The number of nitrogens with two attached hydrogens (primary N) is 1. The van der Waals surface area contributed by atoms with Crippen molar-refractivity contribution < 1.29 is 9.53 Å². The number of carbonyl (C=O) groups excluding carboxylic acids is 1. The third-order valence-electron chi connectivity index (χ3n) is 3.61. The Balaban J connectivity index is 2.17. The average molecular weight is 278 g/mol. The van der Waals surface area contributed by atoms with Crippen molar-refractivity contribution in [2.45, 2.75) is 31.2 Å². The highest BCUT2D eigenvalue weighted by atomic mass is 32.1.